The summed E-state index contributed by atoms with van der Waals surface area (Å²) >= 11 is 6.41. The van der Waals surface area contributed by atoms with E-state index in [0.717, 1.165) is 5.56 Å². The molecule has 0 aromatic heterocycles. The summed E-state index contributed by atoms with van der Waals surface area (Å²) in [6, 6.07) is 6.99. The summed E-state index contributed by atoms with van der Waals surface area (Å²) in [6.45, 7) is 5.60. The van der Waals surface area contributed by atoms with Crippen molar-refractivity contribution in [3.8, 4) is 0 Å². The Morgan fingerprint density at radius 1 is 1.28 bits per heavy atom. The Balaban J connectivity index is 1.83. The molecule has 2 aliphatic heterocycles. The monoisotopic (exact) mass is 461 g/mol. The Labute approximate surface area is 194 Å². The number of benzene rings is 1. The number of carbonyl (C=O) groups excluding carboxylic acids is 3. The maximum Gasteiger partial charge on any atom is 0.325 e. The van der Waals surface area contributed by atoms with Gasteiger partial charge in [-0.1, -0.05) is 49.7 Å². The highest BCUT2D eigenvalue weighted by molar-refractivity contribution is 6.31. The lowest BCUT2D eigenvalue weighted by atomic mass is 9.74. The molecule has 0 saturated carbocycles. The van der Waals surface area contributed by atoms with Crippen LogP contribution in [0.5, 0.6) is 0 Å². The second-order valence-electron chi connectivity index (χ2n) is 8.82. The molecule has 0 aliphatic carbocycles. The molecule has 174 valence electrons. The maximum atomic E-state index is 13.6. The minimum Gasteiger partial charge on any atom is -0.383 e. The van der Waals surface area contributed by atoms with Gasteiger partial charge in [0, 0.05) is 31.6 Å². The van der Waals surface area contributed by atoms with Gasteiger partial charge in [-0.05, 0) is 42.4 Å². The summed E-state index contributed by atoms with van der Waals surface area (Å²) in [7, 11) is 1.54. The number of carbonyl (C=O) groups is 3. The van der Waals surface area contributed by atoms with Gasteiger partial charge in [0.05, 0.1) is 13.2 Å². The van der Waals surface area contributed by atoms with Crippen molar-refractivity contribution in [3.05, 3.63) is 47.0 Å². The molecule has 4 amide bonds. The molecule has 1 N–H and O–H groups in total. The second kappa shape index (κ2) is 10.5. The number of allylic oxidation sites excluding steroid dienone is 1. The highest BCUT2D eigenvalue weighted by Crippen LogP contribution is 2.37. The lowest BCUT2D eigenvalue weighted by Gasteiger charge is -2.41. The number of hydrogen-bond acceptors (Lipinski definition) is 4. The Hall–Kier alpha value is -2.38. The van der Waals surface area contributed by atoms with E-state index in [4.69, 9.17) is 16.3 Å². The molecule has 1 atom stereocenters. The average molecular weight is 462 g/mol. The van der Waals surface area contributed by atoms with Crippen molar-refractivity contribution in [1.29, 1.82) is 0 Å². The SMILES string of the molecule is COCCN1C(=O)NC(Cc2ccccc2Cl)(C2CCN(C(=O)/C=C/C(C)C)CC2)C1=O. The third kappa shape index (κ3) is 5.15. The van der Waals surface area contributed by atoms with Gasteiger partial charge in [0.15, 0.2) is 0 Å². The molecule has 2 saturated heterocycles. The van der Waals surface area contributed by atoms with Gasteiger partial charge in [-0.15, -0.1) is 0 Å². The number of nitrogens with one attached hydrogen (secondary N) is 1. The topological polar surface area (TPSA) is 79.0 Å². The molecule has 3 rings (SSSR count). The number of ether oxygens (including phenoxy) is 1. The predicted octanol–water partition coefficient (Wildman–Crippen LogP) is 3.27. The highest BCUT2D eigenvalue weighted by atomic mass is 35.5. The lowest BCUT2D eigenvalue weighted by Crippen LogP contribution is -2.58. The molecule has 1 unspecified atom stereocenters. The molecular formula is C24H32ClN3O4. The number of hydrogen-bond donors (Lipinski definition) is 1. The van der Waals surface area contributed by atoms with Gasteiger partial charge in [-0.2, -0.15) is 0 Å². The van der Waals surface area contributed by atoms with Crippen LogP contribution in [0.15, 0.2) is 36.4 Å². The Bertz CT molecular complexity index is 880. The summed E-state index contributed by atoms with van der Waals surface area (Å²) in [5.41, 5.74) is -0.270. The van der Waals surface area contributed by atoms with Gasteiger partial charge in [0.2, 0.25) is 5.91 Å². The lowest BCUT2D eigenvalue weighted by molar-refractivity contribution is -0.135. The zero-order valence-corrected chi connectivity index (χ0v) is 19.7. The summed E-state index contributed by atoms with van der Waals surface area (Å²) in [5.74, 6) is -0.0644. The minimum atomic E-state index is -1.08. The van der Waals surface area contributed by atoms with Crippen LogP contribution in [0.3, 0.4) is 0 Å². The minimum absolute atomic E-state index is 0.0131. The van der Waals surface area contributed by atoms with Crippen molar-refractivity contribution in [3.63, 3.8) is 0 Å². The molecule has 1 aromatic rings. The van der Waals surface area contributed by atoms with Crippen molar-refractivity contribution in [2.24, 2.45) is 11.8 Å². The molecule has 0 spiro atoms. The summed E-state index contributed by atoms with van der Waals surface area (Å²) in [5, 5.41) is 3.58. The van der Waals surface area contributed by atoms with E-state index in [1.54, 1.807) is 12.1 Å². The zero-order chi connectivity index (χ0) is 23.3. The van der Waals surface area contributed by atoms with Crippen molar-refractivity contribution in [2.45, 2.75) is 38.6 Å². The first-order valence-electron chi connectivity index (χ1n) is 11.1. The first-order valence-corrected chi connectivity index (χ1v) is 11.5. The van der Waals surface area contributed by atoms with Crippen LogP contribution in [0.4, 0.5) is 4.79 Å². The van der Waals surface area contributed by atoms with Crippen LogP contribution in [0.1, 0.15) is 32.3 Å². The number of halogens is 1. The maximum absolute atomic E-state index is 13.6. The number of rotatable bonds is 8. The van der Waals surface area contributed by atoms with E-state index >= 15 is 0 Å². The first-order chi connectivity index (χ1) is 15.3. The van der Waals surface area contributed by atoms with Gasteiger partial charge >= 0.3 is 6.03 Å². The van der Waals surface area contributed by atoms with Crippen LogP contribution in [0.25, 0.3) is 0 Å². The molecule has 1 aromatic carbocycles. The average Bonchev–Trinajstić information content (AvgIpc) is 3.02. The smallest absolute Gasteiger partial charge is 0.325 e. The van der Waals surface area contributed by atoms with Crippen LogP contribution >= 0.6 is 11.6 Å². The number of piperidine rings is 1. The largest absolute Gasteiger partial charge is 0.383 e. The zero-order valence-electron chi connectivity index (χ0n) is 19.0. The third-order valence-corrected chi connectivity index (χ3v) is 6.64. The van der Waals surface area contributed by atoms with Crippen molar-refractivity contribution in [1.82, 2.24) is 15.1 Å². The van der Waals surface area contributed by atoms with E-state index in [9.17, 15) is 14.4 Å². The summed E-state index contributed by atoms with van der Waals surface area (Å²) in [6.07, 6.45) is 5.07. The number of likely N-dealkylation sites (tertiary alicyclic amines) is 1. The molecule has 2 aliphatic rings. The molecule has 32 heavy (non-hydrogen) atoms. The van der Waals surface area contributed by atoms with Crippen LogP contribution in [0, 0.1) is 11.8 Å². The number of urea groups is 1. The van der Waals surface area contributed by atoms with Crippen molar-refractivity contribution < 1.29 is 19.1 Å². The van der Waals surface area contributed by atoms with Gasteiger partial charge < -0.3 is 15.0 Å². The molecule has 8 heteroatoms. The summed E-state index contributed by atoms with van der Waals surface area (Å²) < 4.78 is 5.09. The van der Waals surface area contributed by atoms with Crippen LogP contribution < -0.4 is 5.32 Å². The van der Waals surface area contributed by atoms with Gasteiger partial charge in [0.25, 0.3) is 5.91 Å². The second-order valence-corrected chi connectivity index (χ2v) is 9.23. The van der Waals surface area contributed by atoms with Gasteiger partial charge in [0.1, 0.15) is 5.54 Å². The number of amides is 4. The standard InChI is InChI=1S/C24H32ClN3O4/c1-17(2)8-9-21(29)27-12-10-19(11-13-27)24(16-18-6-4-5-7-20(18)25)22(30)28(14-15-32-3)23(31)26-24/h4-9,17,19H,10-16H2,1-3H3,(H,26,31)/b9-8+. The van der Waals surface area contributed by atoms with Crippen molar-refractivity contribution >= 4 is 29.4 Å². The Morgan fingerprint density at radius 3 is 2.59 bits per heavy atom. The van der Waals surface area contributed by atoms with E-state index in [1.165, 1.54) is 12.0 Å². The van der Waals surface area contributed by atoms with Gasteiger partial charge in [-0.25, -0.2) is 4.79 Å². The van der Waals surface area contributed by atoms with E-state index in [0.29, 0.717) is 43.3 Å². The molecule has 7 nitrogen and oxygen atoms in total. The molecular weight excluding hydrogens is 430 g/mol. The fraction of sp³-hybridized carbons (Fsp3) is 0.542. The van der Waals surface area contributed by atoms with Crippen molar-refractivity contribution in [2.75, 3.05) is 33.4 Å². The quantitative estimate of drug-likeness (QED) is 0.476. The molecule has 2 fully saturated rings. The number of nitrogens with zero attached hydrogens (tertiary/aromatic N) is 2. The third-order valence-electron chi connectivity index (χ3n) is 6.28. The molecule has 0 radical (unpaired) electrons. The first kappa shape index (κ1) is 24.3. The van der Waals surface area contributed by atoms with E-state index in [2.05, 4.69) is 5.32 Å². The number of methoxy groups -OCH3 is 1. The fourth-order valence-corrected chi connectivity index (χ4v) is 4.69. The van der Waals surface area contributed by atoms with E-state index in [1.807, 2.05) is 43.0 Å². The highest BCUT2D eigenvalue weighted by Gasteiger charge is 2.56. The van der Waals surface area contributed by atoms with Crippen LogP contribution in [0.2, 0.25) is 5.02 Å². The molecule has 0 bridgehead atoms. The van der Waals surface area contributed by atoms with Crippen LogP contribution in [-0.4, -0.2) is 66.5 Å². The molecule has 2 heterocycles. The Kier molecular flexibility index (Phi) is 7.96. The van der Waals surface area contributed by atoms with Crippen LogP contribution in [-0.2, 0) is 20.7 Å². The predicted molar refractivity (Wildman–Crippen MR) is 123 cm³/mol. The fourth-order valence-electron chi connectivity index (χ4n) is 4.49. The van der Waals surface area contributed by atoms with Gasteiger partial charge in [-0.3, -0.25) is 14.5 Å². The normalized spacial score (nSPS) is 22.3. The summed E-state index contributed by atoms with van der Waals surface area (Å²) in [4.78, 5) is 41.9. The van der Waals surface area contributed by atoms with E-state index < -0.39 is 11.6 Å². The van der Waals surface area contributed by atoms with E-state index in [-0.39, 0.29) is 30.9 Å². The number of imide groups is 1. The Morgan fingerprint density at radius 2 is 1.97 bits per heavy atom.